The number of anilines is 1. The minimum Gasteiger partial charge on any atom is -0.296 e. The van der Waals surface area contributed by atoms with E-state index in [1.165, 1.54) is 9.87 Å². The van der Waals surface area contributed by atoms with Crippen LogP contribution in [0.4, 0.5) is 5.13 Å². The predicted octanol–water partition coefficient (Wildman–Crippen LogP) is 3.74. The van der Waals surface area contributed by atoms with Gasteiger partial charge in [0.2, 0.25) is 9.47 Å². The number of sulfonamides is 1. The molecule has 0 atom stereocenters. The second kappa shape index (κ2) is 9.25. The van der Waals surface area contributed by atoms with E-state index in [9.17, 15) is 13.2 Å². The molecule has 1 aromatic heterocycles. The molecular weight excluding hydrogens is 432 g/mol. The van der Waals surface area contributed by atoms with E-state index in [-0.39, 0.29) is 15.4 Å². The third kappa shape index (κ3) is 5.17. The number of nitrogens with one attached hydrogen (secondary N) is 1. The average molecular weight is 457 g/mol. The Bertz CT molecular complexity index is 1140. The molecule has 1 aliphatic rings. The topological polar surface area (TPSA) is 92.3 Å². The largest absolute Gasteiger partial charge is 0.296 e. The Morgan fingerprint density at radius 2 is 1.74 bits per heavy atom. The summed E-state index contributed by atoms with van der Waals surface area (Å²) >= 11 is 0.879. The van der Waals surface area contributed by atoms with Crippen LogP contribution in [0.1, 0.15) is 34.3 Å². The Morgan fingerprint density at radius 3 is 2.42 bits per heavy atom. The van der Waals surface area contributed by atoms with Crippen molar-refractivity contribution >= 4 is 32.4 Å². The maximum atomic E-state index is 13.0. The fourth-order valence-electron chi connectivity index (χ4n) is 3.65. The van der Waals surface area contributed by atoms with Crippen LogP contribution in [0.5, 0.6) is 0 Å². The smallest absolute Gasteiger partial charge is 0.272 e. The van der Waals surface area contributed by atoms with Crippen molar-refractivity contribution in [1.82, 2.24) is 14.5 Å². The van der Waals surface area contributed by atoms with E-state index in [0.717, 1.165) is 36.2 Å². The number of nitrogens with zero attached hydrogens (tertiary/aromatic N) is 3. The number of aromatic nitrogens is 2. The van der Waals surface area contributed by atoms with E-state index in [1.54, 1.807) is 12.1 Å². The van der Waals surface area contributed by atoms with Gasteiger partial charge in [-0.2, -0.15) is 4.31 Å². The molecule has 7 nitrogen and oxygen atoms in total. The highest BCUT2D eigenvalue weighted by atomic mass is 32.2. The average Bonchev–Trinajstić information content (AvgIpc) is 3.25. The molecule has 3 aromatic rings. The highest BCUT2D eigenvalue weighted by Gasteiger charge is 2.32. The zero-order chi connectivity index (χ0) is 21.8. The fourth-order valence-corrected chi connectivity index (χ4v) is 6.15. The molecule has 1 N–H and O–H groups in total. The summed E-state index contributed by atoms with van der Waals surface area (Å²) in [6.07, 6.45) is 2.58. The lowest BCUT2D eigenvalue weighted by Crippen LogP contribution is -2.38. The van der Waals surface area contributed by atoms with Crippen molar-refractivity contribution in [2.45, 2.75) is 30.5 Å². The molecular formula is C22H24N4O3S2. The van der Waals surface area contributed by atoms with Gasteiger partial charge in [-0.15, -0.1) is 10.2 Å². The van der Waals surface area contributed by atoms with Gasteiger partial charge < -0.3 is 0 Å². The van der Waals surface area contributed by atoms with Crippen LogP contribution in [0.2, 0.25) is 0 Å². The molecule has 31 heavy (non-hydrogen) atoms. The van der Waals surface area contributed by atoms with Crippen LogP contribution < -0.4 is 5.32 Å². The van der Waals surface area contributed by atoms with Gasteiger partial charge in [0.05, 0.1) is 0 Å². The molecule has 2 aromatic carbocycles. The fraction of sp³-hybridized carbons (Fsp3) is 0.318. The predicted molar refractivity (Wildman–Crippen MR) is 121 cm³/mol. The van der Waals surface area contributed by atoms with E-state index in [0.29, 0.717) is 24.6 Å². The number of benzene rings is 2. The Kier molecular flexibility index (Phi) is 6.45. The Morgan fingerprint density at radius 1 is 1.06 bits per heavy atom. The van der Waals surface area contributed by atoms with Crippen LogP contribution in [0, 0.1) is 12.8 Å². The Balaban J connectivity index is 1.36. The second-order valence-corrected chi connectivity index (χ2v) is 10.8. The molecule has 0 saturated carbocycles. The molecule has 0 unspecified atom stereocenters. The number of hydrogen-bond acceptors (Lipinski definition) is 6. The standard InChI is InChI=1S/C22H24N4O3S2/c1-16-7-9-19(10-8-16)20(27)23-21-24-25-22(30-21)31(28,29)26-13-11-18(12-14-26)15-17-5-3-2-4-6-17/h2-10,18H,11-15H2,1H3,(H,23,24,27). The van der Waals surface area contributed by atoms with Gasteiger partial charge >= 0.3 is 0 Å². The summed E-state index contributed by atoms with van der Waals surface area (Å²) in [7, 11) is -3.72. The van der Waals surface area contributed by atoms with Gasteiger partial charge in [0.25, 0.3) is 15.9 Å². The molecule has 2 heterocycles. The van der Waals surface area contributed by atoms with Crippen LogP contribution in [-0.2, 0) is 16.4 Å². The summed E-state index contributed by atoms with van der Waals surface area (Å²) in [5.41, 5.74) is 2.81. The zero-order valence-electron chi connectivity index (χ0n) is 17.2. The normalized spacial score (nSPS) is 15.6. The molecule has 1 fully saturated rings. The lowest BCUT2D eigenvalue weighted by Gasteiger charge is -2.30. The van der Waals surface area contributed by atoms with Gasteiger partial charge in [0.1, 0.15) is 0 Å². The highest BCUT2D eigenvalue weighted by molar-refractivity contribution is 7.91. The number of amides is 1. The first-order valence-corrected chi connectivity index (χ1v) is 12.4. The lowest BCUT2D eigenvalue weighted by molar-refractivity contribution is 0.102. The van der Waals surface area contributed by atoms with Gasteiger partial charge in [-0.25, -0.2) is 8.42 Å². The van der Waals surface area contributed by atoms with E-state index < -0.39 is 10.0 Å². The van der Waals surface area contributed by atoms with Gasteiger partial charge in [0, 0.05) is 18.7 Å². The molecule has 0 spiro atoms. The molecule has 0 radical (unpaired) electrons. The lowest BCUT2D eigenvalue weighted by atomic mass is 9.91. The molecule has 162 valence electrons. The van der Waals surface area contributed by atoms with Gasteiger partial charge in [-0.1, -0.05) is 59.4 Å². The summed E-state index contributed by atoms with van der Waals surface area (Å²) in [6.45, 7) is 2.86. The number of carbonyl (C=O) groups is 1. The van der Waals surface area contributed by atoms with E-state index in [1.807, 2.05) is 37.3 Å². The molecule has 0 aliphatic carbocycles. The van der Waals surface area contributed by atoms with Gasteiger partial charge in [-0.3, -0.25) is 10.1 Å². The van der Waals surface area contributed by atoms with Crippen molar-refractivity contribution < 1.29 is 13.2 Å². The summed E-state index contributed by atoms with van der Waals surface area (Å²) < 4.78 is 27.3. The van der Waals surface area contributed by atoms with E-state index in [4.69, 9.17) is 0 Å². The summed E-state index contributed by atoms with van der Waals surface area (Å²) in [5.74, 6) is 0.120. The first-order valence-electron chi connectivity index (χ1n) is 10.2. The summed E-state index contributed by atoms with van der Waals surface area (Å²) in [6, 6.07) is 17.4. The minimum absolute atomic E-state index is 0.0896. The Hall–Kier alpha value is -2.62. The van der Waals surface area contributed by atoms with E-state index in [2.05, 4.69) is 27.6 Å². The molecule has 4 rings (SSSR count). The zero-order valence-corrected chi connectivity index (χ0v) is 18.8. The van der Waals surface area contributed by atoms with Crippen molar-refractivity contribution in [2.75, 3.05) is 18.4 Å². The molecule has 1 amide bonds. The monoisotopic (exact) mass is 456 g/mol. The van der Waals surface area contributed by atoms with Crippen molar-refractivity contribution in [3.05, 3.63) is 71.3 Å². The Labute approximate surface area is 186 Å². The quantitative estimate of drug-likeness (QED) is 0.571. The van der Waals surface area contributed by atoms with Crippen LogP contribution in [0.25, 0.3) is 0 Å². The third-order valence-electron chi connectivity index (χ3n) is 5.44. The van der Waals surface area contributed by atoms with Gasteiger partial charge in [0.15, 0.2) is 0 Å². The minimum atomic E-state index is -3.72. The van der Waals surface area contributed by atoms with Crippen LogP contribution >= 0.6 is 11.3 Å². The number of piperidine rings is 1. The van der Waals surface area contributed by atoms with E-state index >= 15 is 0 Å². The SMILES string of the molecule is Cc1ccc(C(=O)Nc2nnc(S(=O)(=O)N3CCC(Cc4ccccc4)CC3)s2)cc1. The molecule has 1 saturated heterocycles. The molecule has 1 aliphatic heterocycles. The summed E-state index contributed by atoms with van der Waals surface area (Å²) in [4.78, 5) is 12.3. The van der Waals surface area contributed by atoms with Crippen molar-refractivity contribution in [3.8, 4) is 0 Å². The molecule has 9 heteroatoms. The third-order valence-corrected chi connectivity index (χ3v) is 8.53. The number of carbonyl (C=O) groups excluding carboxylic acids is 1. The van der Waals surface area contributed by atoms with Crippen molar-refractivity contribution in [2.24, 2.45) is 5.92 Å². The number of aryl methyl sites for hydroxylation is 1. The van der Waals surface area contributed by atoms with Gasteiger partial charge in [-0.05, 0) is 49.8 Å². The highest BCUT2D eigenvalue weighted by Crippen LogP contribution is 2.28. The number of rotatable bonds is 6. The maximum absolute atomic E-state index is 13.0. The van der Waals surface area contributed by atoms with Crippen molar-refractivity contribution in [3.63, 3.8) is 0 Å². The first kappa shape index (κ1) is 21.6. The second-order valence-electron chi connectivity index (χ2n) is 7.73. The maximum Gasteiger partial charge on any atom is 0.272 e. The van der Waals surface area contributed by atoms with Crippen LogP contribution in [0.15, 0.2) is 58.9 Å². The number of hydrogen-bond donors (Lipinski definition) is 1. The van der Waals surface area contributed by atoms with Crippen LogP contribution in [0.3, 0.4) is 0 Å². The van der Waals surface area contributed by atoms with Crippen LogP contribution in [-0.4, -0.2) is 41.9 Å². The first-order chi connectivity index (χ1) is 14.9. The molecule has 0 bridgehead atoms. The summed E-state index contributed by atoms with van der Waals surface area (Å²) in [5, 5.41) is 10.5. The van der Waals surface area contributed by atoms with Crippen molar-refractivity contribution in [1.29, 1.82) is 0 Å².